The summed E-state index contributed by atoms with van der Waals surface area (Å²) in [4.78, 5) is 0. The molecule has 0 radical (unpaired) electrons. The summed E-state index contributed by atoms with van der Waals surface area (Å²) in [5.41, 5.74) is 14.8. The summed E-state index contributed by atoms with van der Waals surface area (Å²) >= 11 is 6.23. The lowest BCUT2D eigenvalue weighted by molar-refractivity contribution is 0.477. The summed E-state index contributed by atoms with van der Waals surface area (Å²) in [6.07, 6.45) is 0.755. The second-order valence-electron chi connectivity index (χ2n) is 4.82. The molecular weight excluding hydrogens is 286 g/mol. The monoisotopic (exact) mass is 303 g/mol. The van der Waals surface area contributed by atoms with Crippen LogP contribution in [0.2, 0.25) is 5.02 Å². The van der Waals surface area contributed by atoms with Gasteiger partial charge < -0.3 is 21.6 Å². The molecule has 2 rings (SSSR count). The van der Waals surface area contributed by atoms with Gasteiger partial charge in [-0.1, -0.05) is 18.5 Å². The van der Waals surface area contributed by atoms with Crippen LogP contribution in [0.1, 0.15) is 25.0 Å². The van der Waals surface area contributed by atoms with Crippen molar-refractivity contribution in [1.82, 2.24) is 0 Å². The molecule has 0 amide bonds. The predicted molar refractivity (Wildman–Crippen MR) is 88.7 cm³/mol. The van der Waals surface area contributed by atoms with E-state index in [9.17, 15) is 0 Å². The van der Waals surface area contributed by atoms with Gasteiger partial charge in [-0.05, 0) is 49.2 Å². The van der Waals surface area contributed by atoms with Crippen molar-refractivity contribution in [2.75, 3.05) is 11.5 Å². The lowest BCUT2D eigenvalue weighted by Gasteiger charge is -2.14. The van der Waals surface area contributed by atoms with Gasteiger partial charge in [0.1, 0.15) is 11.5 Å². The molecule has 5 N–H and O–H groups in total. The third-order valence-electron chi connectivity index (χ3n) is 3.17. The van der Waals surface area contributed by atoms with Gasteiger partial charge in [-0.2, -0.15) is 0 Å². The van der Waals surface area contributed by atoms with Crippen LogP contribution in [0.15, 0.2) is 30.3 Å². The molecule has 2 aromatic rings. The van der Waals surface area contributed by atoms with Crippen LogP contribution in [-0.2, 0) is 6.42 Å². The van der Waals surface area contributed by atoms with E-state index in [4.69, 9.17) is 33.2 Å². The minimum atomic E-state index is 0.386. The molecule has 2 aromatic carbocycles. The van der Waals surface area contributed by atoms with E-state index < -0.39 is 0 Å². The number of aryl methyl sites for hydroxylation is 1. The molecule has 0 fully saturated rings. The molecule has 0 heterocycles. The molecule has 0 aromatic heterocycles. The van der Waals surface area contributed by atoms with E-state index in [0.717, 1.165) is 12.0 Å². The van der Waals surface area contributed by atoms with E-state index in [1.165, 1.54) is 0 Å². The van der Waals surface area contributed by atoms with E-state index in [1.54, 1.807) is 31.2 Å². The Morgan fingerprint density at radius 2 is 1.95 bits per heavy atom. The second kappa shape index (κ2) is 6.06. The maximum atomic E-state index is 7.72. The first kappa shape index (κ1) is 15.2. The molecule has 0 saturated carbocycles. The van der Waals surface area contributed by atoms with Crippen LogP contribution in [0.4, 0.5) is 11.4 Å². The highest BCUT2D eigenvalue weighted by atomic mass is 35.5. The zero-order chi connectivity index (χ0) is 15.6. The van der Waals surface area contributed by atoms with Gasteiger partial charge in [0.2, 0.25) is 0 Å². The molecule has 0 atom stereocenters. The predicted octanol–water partition coefficient (Wildman–Crippen LogP) is 4.25. The van der Waals surface area contributed by atoms with Gasteiger partial charge in [0.15, 0.2) is 0 Å². The van der Waals surface area contributed by atoms with Crippen LogP contribution in [0.5, 0.6) is 11.5 Å². The van der Waals surface area contributed by atoms with Crippen molar-refractivity contribution in [2.45, 2.75) is 20.3 Å². The van der Waals surface area contributed by atoms with Crippen LogP contribution in [0.3, 0.4) is 0 Å². The van der Waals surface area contributed by atoms with Gasteiger partial charge in [0.05, 0.1) is 5.02 Å². The van der Waals surface area contributed by atoms with Crippen LogP contribution in [0, 0.1) is 5.41 Å². The first-order valence-electron chi connectivity index (χ1n) is 6.63. The lowest BCUT2D eigenvalue weighted by Crippen LogP contribution is -2.01. The van der Waals surface area contributed by atoms with Crippen molar-refractivity contribution in [3.63, 3.8) is 0 Å². The van der Waals surface area contributed by atoms with E-state index in [2.05, 4.69) is 0 Å². The largest absolute Gasteiger partial charge is 0.455 e. The standard InChI is InChI=1S/C16H18ClN3O/c1-3-10-6-11(19)7-14(17)16(10)21-12-4-5-15(20)13(8-12)9(2)18/h4-8,18H,3,19-20H2,1-2H3. The number of hydrogen-bond donors (Lipinski definition) is 3. The summed E-state index contributed by atoms with van der Waals surface area (Å²) in [7, 11) is 0. The molecular formula is C16H18ClN3O. The van der Waals surface area contributed by atoms with Crippen LogP contribution in [-0.4, -0.2) is 5.71 Å². The molecule has 110 valence electrons. The van der Waals surface area contributed by atoms with Crippen molar-refractivity contribution in [3.05, 3.63) is 46.5 Å². The molecule has 21 heavy (non-hydrogen) atoms. The third kappa shape index (κ3) is 3.28. The van der Waals surface area contributed by atoms with E-state index >= 15 is 0 Å². The average molecular weight is 304 g/mol. The van der Waals surface area contributed by atoms with Crippen molar-refractivity contribution >= 4 is 28.7 Å². The van der Waals surface area contributed by atoms with E-state index in [1.807, 2.05) is 13.0 Å². The molecule has 4 nitrogen and oxygen atoms in total. The third-order valence-corrected chi connectivity index (χ3v) is 3.45. The van der Waals surface area contributed by atoms with Gasteiger partial charge >= 0.3 is 0 Å². The van der Waals surface area contributed by atoms with Gasteiger partial charge in [0.25, 0.3) is 0 Å². The zero-order valence-corrected chi connectivity index (χ0v) is 12.8. The summed E-state index contributed by atoms with van der Waals surface area (Å²) in [5.74, 6) is 1.18. The summed E-state index contributed by atoms with van der Waals surface area (Å²) < 4.78 is 5.89. The zero-order valence-electron chi connectivity index (χ0n) is 12.0. The summed E-state index contributed by atoms with van der Waals surface area (Å²) in [6.45, 7) is 3.69. The highest BCUT2D eigenvalue weighted by Gasteiger charge is 2.12. The summed E-state index contributed by atoms with van der Waals surface area (Å²) in [5, 5.41) is 8.19. The fourth-order valence-electron chi connectivity index (χ4n) is 2.09. The summed E-state index contributed by atoms with van der Waals surface area (Å²) in [6, 6.07) is 8.73. The molecule has 0 unspecified atom stereocenters. The van der Waals surface area contributed by atoms with Gasteiger partial charge in [-0.25, -0.2) is 0 Å². The van der Waals surface area contributed by atoms with Crippen LogP contribution < -0.4 is 16.2 Å². The number of benzene rings is 2. The Bertz CT molecular complexity index is 698. The highest BCUT2D eigenvalue weighted by Crippen LogP contribution is 2.36. The minimum absolute atomic E-state index is 0.386. The topological polar surface area (TPSA) is 85.1 Å². The molecule has 0 spiro atoms. The molecule has 0 bridgehead atoms. The Morgan fingerprint density at radius 3 is 2.57 bits per heavy atom. The number of nitrogens with one attached hydrogen (secondary N) is 1. The average Bonchev–Trinajstić information content (AvgIpc) is 2.42. The smallest absolute Gasteiger partial charge is 0.149 e. The van der Waals surface area contributed by atoms with Gasteiger partial charge in [0, 0.05) is 22.6 Å². The molecule has 0 aliphatic rings. The van der Waals surface area contributed by atoms with Gasteiger partial charge in [-0.3, -0.25) is 0 Å². The first-order valence-corrected chi connectivity index (χ1v) is 7.01. The van der Waals surface area contributed by atoms with Crippen molar-refractivity contribution in [3.8, 4) is 11.5 Å². The van der Waals surface area contributed by atoms with E-state index in [-0.39, 0.29) is 0 Å². The Labute approximate surface area is 129 Å². The molecule has 0 aliphatic heterocycles. The van der Waals surface area contributed by atoms with Crippen molar-refractivity contribution in [2.24, 2.45) is 0 Å². The fourth-order valence-corrected chi connectivity index (χ4v) is 2.38. The lowest BCUT2D eigenvalue weighted by atomic mass is 10.1. The number of hydrogen-bond acceptors (Lipinski definition) is 4. The van der Waals surface area contributed by atoms with Gasteiger partial charge in [-0.15, -0.1) is 0 Å². The Kier molecular flexibility index (Phi) is 4.38. The molecule has 0 saturated heterocycles. The first-order chi connectivity index (χ1) is 9.92. The molecule has 0 aliphatic carbocycles. The number of nitrogens with two attached hydrogens (primary N) is 2. The van der Waals surface area contributed by atoms with Crippen molar-refractivity contribution in [1.29, 1.82) is 5.41 Å². The Hall–Kier alpha value is -2.20. The molecule has 5 heteroatoms. The number of rotatable bonds is 4. The normalized spacial score (nSPS) is 10.4. The SMILES string of the molecule is CCc1cc(N)cc(Cl)c1Oc1ccc(N)c(C(C)=N)c1. The maximum Gasteiger partial charge on any atom is 0.149 e. The number of halogens is 1. The minimum Gasteiger partial charge on any atom is -0.455 e. The van der Waals surface area contributed by atoms with Crippen LogP contribution >= 0.6 is 11.6 Å². The number of ether oxygens (including phenoxy) is 1. The van der Waals surface area contributed by atoms with Crippen LogP contribution in [0.25, 0.3) is 0 Å². The number of anilines is 2. The maximum absolute atomic E-state index is 7.72. The van der Waals surface area contributed by atoms with E-state index in [0.29, 0.717) is 39.2 Å². The fraction of sp³-hybridized carbons (Fsp3) is 0.188. The highest BCUT2D eigenvalue weighted by molar-refractivity contribution is 6.32. The Balaban J connectivity index is 2.43. The van der Waals surface area contributed by atoms with Crippen molar-refractivity contribution < 1.29 is 4.74 Å². The second-order valence-corrected chi connectivity index (χ2v) is 5.23. The quantitative estimate of drug-likeness (QED) is 0.583. The Morgan fingerprint density at radius 1 is 1.24 bits per heavy atom. The number of nitrogen functional groups attached to an aromatic ring is 2.